The van der Waals surface area contributed by atoms with Gasteiger partial charge in [-0.25, -0.2) is 13.8 Å². The van der Waals surface area contributed by atoms with E-state index in [2.05, 4.69) is 10.3 Å². The Bertz CT molecular complexity index is 740. The number of halogens is 3. The van der Waals surface area contributed by atoms with Crippen molar-refractivity contribution in [3.05, 3.63) is 62.9 Å². The molecule has 1 aromatic carbocycles. The summed E-state index contributed by atoms with van der Waals surface area (Å²) >= 11 is 5.64. The summed E-state index contributed by atoms with van der Waals surface area (Å²) in [6, 6.07) is 3.53. The first kappa shape index (κ1) is 14.8. The Balaban J connectivity index is 2.27. The van der Waals surface area contributed by atoms with E-state index < -0.39 is 28.2 Å². The number of benzene rings is 1. The number of rotatable bonds is 3. The van der Waals surface area contributed by atoms with E-state index in [0.29, 0.717) is 6.07 Å². The first-order chi connectivity index (χ1) is 9.88. The van der Waals surface area contributed by atoms with E-state index in [0.717, 1.165) is 24.4 Å². The van der Waals surface area contributed by atoms with Crippen LogP contribution in [0.15, 0.2) is 30.5 Å². The maximum atomic E-state index is 13.6. The van der Waals surface area contributed by atoms with Crippen molar-refractivity contribution in [2.75, 3.05) is 5.32 Å². The average molecular weight is 314 g/mol. The Labute approximate surface area is 121 Å². The molecule has 1 aromatic heterocycles. The van der Waals surface area contributed by atoms with Gasteiger partial charge in [0.05, 0.1) is 28.4 Å². The topological polar surface area (TPSA) is 85.1 Å². The summed E-state index contributed by atoms with van der Waals surface area (Å²) < 4.78 is 26.6. The number of nitrogens with zero attached hydrogens (tertiary/aromatic N) is 2. The van der Waals surface area contributed by atoms with Crippen LogP contribution >= 0.6 is 11.6 Å². The fourth-order valence-corrected chi connectivity index (χ4v) is 1.68. The van der Waals surface area contributed by atoms with Crippen LogP contribution in [0.1, 0.15) is 10.4 Å². The quantitative estimate of drug-likeness (QED) is 0.536. The molecule has 6 nitrogen and oxygen atoms in total. The van der Waals surface area contributed by atoms with Gasteiger partial charge in [-0.2, -0.15) is 0 Å². The fraction of sp³-hybridized carbons (Fsp3) is 0. The zero-order valence-electron chi connectivity index (χ0n) is 10.1. The molecule has 0 unspecified atom stereocenters. The SMILES string of the molecule is O=C(Nc1ccc([N+](=O)[O-])cc1F)c1cc(F)cnc1Cl. The van der Waals surface area contributed by atoms with Crippen LogP contribution in [-0.4, -0.2) is 15.8 Å². The van der Waals surface area contributed by atoms with Gasteiger partial charge in [-0.1, -0.05) is 11.6 Å². The molecule has 0 aliphatic rings. The summed E-state index contributed by atoms with van der Waals surface area (Å²) in [5, 5.41) is 12.4. The van der Waals surface area contributed by atoms with E-state index in [1.165, 1.54) is 0 Å². The Morgan fingerprint density at radius 1 is 1.33 bits per heavy atom. The third-order valence-corrected chi connectivity index (χ3v) is 2.76. The van der Waals surface area contributed by atoms with Crippen LogP contribution in [0.5, 0.6) is 0 Å². The van der Waals surface area contributed by atoms with Crippen LogP contribution in [0.2, 0.25) is 5.15 Å². The molecule has 1 heterocycles. The number of anilines is 1. The summed E-state index contributed by atoms with van der Waals surface area (Å²) in [4.78, 5) is 25.0. The molecular formula is C12H6ClF2N3O3. The molecule has 0 aliphatic heterocycles. The van der Waals surface area contributed by atoms with Gasteiger partial charge >= 0.3 is 0 Å². The number of nitro groups is 1. The molecule has 2 aromatic rings. The van der Waals surface area contributed by atoms with Gasteiger partial charge in [0, 0.05) is 6.07 Å². The van der Waals surface area contributed by atoms with Crippen LogP contribution < -0.4 is 5.32 Å². The molecule has 0 saturated carbocycles. The molecular weight excluding hydrogens is 308 g/mol. The number of hydrogen-bond donors (Lipinski definition) is 1. The highest BCUT2D eigenvalue weighted by Gasteiger charge is 2.16. The second-order valence-electron chi connectivity index (χ2n) is 3.87. The highest BCUT2D eigenvalue weighted by Crippen LogP contribution is 2.22. The number of non-ortho nitro benzene ring substituents is 1. The minimum atomic E-state index is -1.00. The Hall–Kier alpha value is -2.61. The zero-order chi connectivity index (χ0) is 15.6. The van der Waals surface area contributed by atoms with E-state index in [4.69, 9.17) is 11.6 Å². The summed E-state index contributed by atoms with van der Waals surface area (Å²) in [7, 11) is 0. The van der Waals surface area contributed by atoms with Gasteiger partial charge in [0.25, 0.3) is 11.6 Å². The first-order valence-corrected chi connectivity index (χ1v) is 5.82. The highest BCUT2D eigenvalue weighted by atomic mass is 35.5. The number of nitro benzene ring substituents is 1. The van der Waals surface area contributed by atoms with Gasteiger partial charge < -0.3 is 5.32 Å². The molecule has 1 amide bonds. The predicted molar refractivity (Wildman–Crippen MR) is 70.2 cm³/mol. The molecule has 0 atom stereocenters. The molecule has 0 saturated heterocycles. The molecule has 0 aliphatic carbocycles. The number of carbonyl (C=O) groups excluding carboxylic acids is 1. The van der Waals surface area contributed by atoms with Crippen LogP contribution in [-0.2, 0) is 0 Å². The third kappa shape index (κ3) is 3.29. The van der Waals surface area contributed by atoms with Crippen LogP contribution in [0.25, 0.3) is 0 Å². The second kappa shape index (κ2) is 5.80. The molecule has 1 N–H and O–H groups in total. The lowest BCUT2D eigenvalue weighted by atomic mass is 10.2. The standard InChI is InChI=1S/C12H6ClF2N3O3/c13-11-8(3-6(14)5-16-11)12(19)17-10-2-1-7(18(20)21)4-9(10)15/h1-5H,(H,17,19). The number of carbonyl (C=O) groups is 1. The number of hydrogen-bond acceptors (Lipinski definition) is 4. The van der Waals surface area contributed by atoms with Crippen molar-refractivity contribution in [3.63, 3.8) is 0 Å². The number of pyridine rings is 1. The van der Waals surface area contributed by atoms with Crippen molar-refractivity contribution < 1.29 is 18.5 Å². The largest absolute Gasteiger partial charge is 0.319 e. The van der Waals surface area contributed by atoms with Crippen LogP contribution in [0, 0.1) is 21.7 Å². The molecule has 2 rings (SSSR count). The molecule has 108 valence electrons. The average Bonchev–Trinajstić information content (AvgIpc) is 2.43. The van der Waals surface area contributed by atoms with Gasteiger partial charge in [-0.3, -0.25) is 14.9 Å². The lowest BCUT2D eigenvalue weighted by molar-refractivity contribution is -0.385. The minimum Gasteiger partial charge on any atom is -0.319 e. The number of nitrogens with one attached hydrogen (secondary N) is 1. The van der Waals surface area contributed by atoms with Gasteiger partial charge in [0.15, 0.2) is 5.82 Å². The normalized spacial score (nSPS) is 10.2. The molecule has 9 heteroatoms. The number of aromatic nitrogens is 1. The lowest BCUT2D eigenvalue weighted by Crippen LogP contribution is -2.14. The maximum absolute atomic E-state index is 13.6. The monoisotopic (exact) mass is 313 g/mol. The van der Waals surface area contributed by atoms with E-state index in [1.807, 2.05) is 0 Å². The maximum Gasteiger partial charge on any atom is 0.272 e. The Morgan fingerprint density at radius 2 is 2.05 bits per heavy atom. The second-order valence-corrected chi connectivity index (χ2v) is 4.23. The Kier molecular flexibility index (Phi) is 4.08. The minimum absolute atomic E-state index is 0.254. The van der Waals surface area contributed by atoms with Crippen molar-refractivity contribution >= 4 is 28.9 Å². The lowest BCUT2D eigenvalue weighted by Gasteiger charge is -2.07. The van der Waals surface area contributed by atoms with E-state index in [9.17, 15) is 23.7 Å². The van der Waals surface area contributed by atoms with Crippen LogP contribution in [0.4, 0.5) is 20.2 Å². The summed E-state index contributed by atoms with van der Waals surface area (Å²) in [5.74, 6) is -2.67. The zero-order valence-corrected chi connectivity index (χ0v) is 10.9. The third-order valence-electron chi connectivity index (χ3n) is 2.46. The Morgan fingerprint density at radius 3 is 2.67 bits per heavy atom. The molecule has 0 bridgehead atoms. The van der Waals surface area contributed by atoms with Gasteiger partial charge in [0.2, 0.25) is 0 Å². The molecule has 0 spiro atoms. The summed E-state index contributed by atoms with van der Waals surface area (Å²) in [6.07, 6.45) is 0.825. The fourth-order valence-electron chi connectivity index (χ4n) is 1.49. The molecule has 0 fully saturated rings. The molecule has 0 radical (unpaired) electrons. The summed E-state index contributed by atoms with van der Waals surface area (Å²) in [5.41, 5.74) is -1.05. The van der Waals surface area contributed by atoms with Crippen molar-refractivity contribution in [2.45, 2.75) is 0 Å². The number of amides is 1. The van der Waals surface area contributed by atoms with Crippen molar-refractivity contribution in [2.24, 2.45) is 0 Å². The smallest absolute Gasteiger partial charge is 0.272 e. The van der Waals surface area contributed by atoms with Crippen LogP contribution in [0.3, 0.4) is 0 Å². The van der Waals surface area contributed by atoms with E-state index in [1.54, 1.807) is 0 Å². The van der Waals surface area contributed by atoms with Crippen molar-refractivity contribution in [1.82, 2.24) is 4.98 Å². The van der Waals surface area contributed by atoms with Crippen molar-refractivity contribution in [3.8, 4) is 0 Å². The molecule has 21 heavy (non-hydrogen) atoms. The van der Waals surface area contributed by atoms with Gasteiger partial charge in [-0.15, -0.1) is 0 Å². The van der Waals surface area contributed by atoms with Crippen molar-refractivity contribution in [1.29, 1.82) is 0 Å². The predicted octanol–water partition coefficient (Wildman–Crippen LogP) is 3.17. The van der Waals surface area contributed by atoms with E-state index >= 15 is 0 Å². The highest BCUT2D eigenvalue weighted by molar-refractivity contribution is 6.33. The van der Waals surface area contributed by atoms with Gasteiger partial charge in [0.1, 0.15) is 11.0 Å². The summed E-state index contributed by atoms with van der Waals surface area (Å²) in [6.45, 7) is 0. The van der Waals surface area contributed by atoms with E-state index in [-0.39, 0.29) is 16.4 Å². The van der Waals surface area contributed by atoms with Gasteiger partial charge in [-0.05, 0) is 12.1 Å². The first-order valence-electron chi connectivity index (χ1n) is 5.45.